The fourth-order valence-corrected chi connectivity index (χ4v) is 1.68. The lowest BCUT2D eigenvalue weighted by Gasteiger charge is -2.05. The highest BCUT2D eigenvalue weighted by Gasteiger charge is 2.04. The number of anilines is 1. The Morgan fingerprint density at radius 1 is 1.35 bits per heavy atom. The third kappa shape index (κ3) is 2.99. The van der Waals surface area contributed by atoms with Gasteiger partial charge >= 0.3 is 0 Å². The predicted octanol–water partition coefficient (Wildman–Crippen LogP) is 1.09. The van der Waals surface area contributed by atoms with Crippen LogP contribution in [0.5, 0.6) is 0 Å². The van der Waals surface area contributed by atoms with Gasteiger partial charge in [-0.2, -0.15) is 0 Å². The van der Waals surface area contributed by atoms with Crippen LogP contribution in [0.1, 0.15) is 11.4 Å². The van der Waals surface area contributed by atoms with E-state index < -0.39 is 0 Å². The zero-order valence-corrected chi connectivity index (χ0v) is 11.2. The number of hydrogen-bond acceptors (Lipinski definition) is 5. The summed E-state index contributed by atoms with van der Waals surface area (Å²) < 4.78 is 0.533. The molecule has 0 amide bonds. The number of aromatic nitrogens is 4. The first-order valence-electron chi connectivity index (χ1n) is 4.91. The molecule has 6 nitrogen and oxygen atoms in total. The maximum absolute atomic E-state index is 11.3. The van der Waals surface area contributed by atoms with Gasteiger partial charge in [-0.15, -0.1) is 0 Å². The summed E-state index contributed by atoms with van der Waals surface area (Å²) in [6.45, 7) is 2.37. The molecule has 0 spiro atoms. The molecule has 2 heterocycles. The van der Waals surface area contributed by atoms with Crippen molar-refractivity contribution in [2.24, 2.45) is 0 Å². The fraction of sp³-hybridized carbons (Fsp3) is 0.200. The van der Waals surface area contributed by atoms with Gasteiger partial charge in [0.1, 0.15) is 9.39 Å². The van der Waals surface area contributed by atoms with E-state index in [2.05, 4.69) is 25.3 Å². The van der Waals surface area contributed by atoms with Crippen molar-refractivity contribution in [3.05, 3.63) is 44.0 Å². The fourth-order valence-electron chi connectivity index (χ4n) is 1.19. The van der Waals surface area contributed by atoms with Crippen LogP contribution in [0.4, 0.5) is 5.82 Å². The quantitative estimate of drug-likeness (QED) is 0.815. The summed E-state index contributed by atoms with van der Waals surface area (Å²) in [5, 5.41) is 3.05. The highest BCUT2D eigenvalue weighted by Crippen LogP contribution is 2.09. The second-order valence-corrected chi connectivity index (χ2v) is 4.48. The summed E-state index contributed by atoms with van der Waals surface area (Å²) >= 11 is 1.95. The van der Waals surface area contributed by atoms with Crippen LogP contribution in [0, 0.1) is 10.5 Å². The minimum Gasteiger partial charge on any atom is -0.363 e. The van der Waals surface area contributed by atoms with E-state index >= 15 is 0 Å². The summed E-state index contributed by atoms with van der Waals surface area (Å²) in [4.78, 5) is 26.2. The van der Waals surface area contributed by atoms with Gasteiger partial charge in [0.25, 0.3) is 5.56 Å². The second-order valence-electron chi connectivity index (χ2n) is 3.40. The average Bonchev–Trinajstić information content (AvgIpc) is 2.33. The standard InChI is InChI=1S/C10H10IN5O/c1-6-2-13-7(3-12-6)4-14-9-8(11)10(17)16-5-15-9/h2-3,5H,4H2,1H3,(H2,14,15,16,17). The Kier molecular flexibility index (Phi) is 3.67. The van der Waals surface area contributed by atoms with E-state index in [1.54, 1.807) is 12.4 Å². The first-order chi connectivity index (χ1) is 8.16. The lowest BCUT2D eigenvalue weighted by molar-refractivity contribution is 0.966. The third-order valence-corrected chi connectivity index (χ3v) is 3.07. The number of nitrogens with zero attached hydrogens (tertiary/aromatic N) is 3. The molecule has 0 saturated carbocycles. The molecule has 2 aromatic heterocycles. The number of nitrogens with one attached hydrogen (secondary N) is 2. The Morgan fingerprint density at radius 3 is 2.88 bits per heavy atom. The largest absolute Gasteiger partial charge is 0.363 e. The maximum atomic E-state index is 11.3. The van der Waals surface area contributed by atoms with Gasteiger partial charge in [0.2, 0.25) is 0 Å². The molecule has 0 aliphatic heterocycles. The van der Waals surface area contributed by atoms with Gasteiger partial charge in [-0.3, -0.25) is 14.8 Å². The van der Waals surface area contributed by atoms with Crippen LogP contribution in [0.2, 0.25) is 0 Å². The van der Waals surface area contributed by atoms with Crippen LogP contribution in [-0.4, -0.2) is 19.9 Å². The number of rotatable bonds is 3. The molecule has 2 aromatic rings. The van der Waals surface area contributed by atoms with Crippen molar-refractivity contribution in [3.8, 4) is 0 Å². The van der Waals surface area contributed by atoms with Crippen molar-refractivity contribution in [3.63, 3.8) is 0 Å². The number of aromatic amines is 1. The van der Waals surface area contributed by atoms with Crippen molar-refractivity contribution in [2.45, 2.75) is 13.5 Å². The van der Waals surface area contributed by atoms with Gasteiger partial charge in [0.05, 0.1) is 30.5 Å². The Labute approximate surface area is 111 Å². The minimum absolute atomic E-state index is 0.155. The van der Waals surface area contributed by atoms with E-state index in [1.165, 1.54) is 6.33 Å². The topological polar surface area (TPSA) is 83.6 Å². The number of halogens is 1. The molecule has 0 aromatic carbocycles. The van der Waals surface area contributed by atoms with Crippen LogP contribution >= 0.6 is 22.6 Å². The van der Waals surface area contributed by atoms with Gasteiger partial charge in [-0.05, 0) is 29.5 Å². The number of aryl methyl sites for hydroxylation is 1. The molecule has 0 fully saturated rings. The molecule has 0 bridgehead atoms. The van der Waals surface area contributed by atoms with Gasteiger partial charge < -0.3 is 10.3 Å². The molecule has 2 N–H and O–H groups in total. The predicted molar refractivity (Wildman–Crippen MR) is 71.7 cm³/mol. The molecule has 0 saturated heterocycles. The molecule has 2 rings (SSSR count). The van der Waals surface area contributed by atoms with Crippen LogP contribution in [0.25, 0.3) is 0 Å². The van der Waals surface area contributed by atoms with E-state index in [4.69, 9.17) is 0 Å². The molecule has 0 radical (unpaired) electrons. The molecule has 88 valence electrons. The SMILES string of the molecule is Cc1cnc(CNc2nc[nH]c(=O)c2I)cn1. The van der Waals surface area contributed by atoms with Crippen molar-refractivity contribution < 1.29 is 0 Å². The number of hydrogen-bond donors (Lipinski definition) is 2. The molecule has 17 heavy (non-hydrogen) atoms. The summed E-state index contributed by atoms with van der Waals surface area (Å²) in [7, 11) is 0. The van der Waals surface area contributed by atoms with Crippen molar-refractivity contribution >= 4 is 28.4 Å². The summed E-state index contributed by atoms with van der Waals surface area (Å²) in [5.74, 6) is 0.553. The minimum atomic E-state index is -0.155. The summed E-state index contributed by atoms with van der Waals surface area (Å²) in [6.07, 6.45) is 4.77. The van der Waals surface area contributed by atoms with E-state index in [-0.39, 0.29) is 5.56 Å². The highest BCUT2D eigenvalue weighted by atomic mass is 127. The normalized spacial score (nSPS) is 10.2. The van der Waals surface area contributed by atoms with Gasteiger partial charge in [-0.25, -0.2) is 4.98 Å². The van der Waals surface area contributed by atoms with Crippen LogP contribution < -0.4 is 10.9 Å². The summed E-state index contributed by atoms with van der Waals surface area (Å²) in [5.41, 5.74) is 1.52. The second kappa shape index (κ2) is 5.21. The monoisotopic (exact) mass is 343 g/mol. The van der Waals surface area contributed by atoms with Crippen LogP contribution in [-0.2, 0) is 6.54 Å². The molecule has 0 aliphatic carbocycles. The van der Waals surface area contributed by atoms with Crippen LogP contribution in [0.3, 0.4) is 0 Å². The van der Waals surface area contributed by atoms with E-state index in [9.17, 15) is 4.79 Å². The average molecular weight is 343 g/mol. The highest BCUT2D eigenvalue weighted by molar-refractivity contribution is 14.1. The van der Waals surface area contributed by atoms with Gasteiger partial charge in [0, 0.05) is 6.20 Å². The lowest BCUT2D eigenvalue weighted by Crippen LogP contribution is -2.15. The number of H-pyrrole nitrogens is 1. The molecular formula is C10H10IN5O. The van der Waals surface area contributed by atoms with E-state index in [1.807, 2.05) is 29.5 Å². The molecule has 0 unspecified atom stereocenters. The molecule has 0 atom stereocenters. The first kappa shape index (κ1) is 12.0. The van der Waals surface area contributed by atoms with Crippen molar-refractivity contribution in [1.29, 1.82) is 0 Å². The maximum Gasteiger partial charge on any atom is 0.266 e. The van der Waals surface area contributed by atoms with Gasteiger partial charge in [-0.1, -0.05) is 0 Å². The zero-order chi connectivity index (χ0) is 12.3. The van der Waals surface area contributed by atoms with Crippen LogP contribution in [0.15, 0.2) is 23.5 Å². The van der Waals surface area contributed by atoms with E-state index in [0.717, 1.165) is 11.4 Å². The molecule has 0 aliphatic rings. The third-order valence-electron chi connectivity index (χ3n) is 2.07. The lowest BCUT2D eigenvalue weighted by atomic mass is 10.4. The molecular weight excluding hydrogens is 333 g/mol. The van der Waals surface area contributed by atoms with E-state index in [0.29, 0.717) is 15.9 Å². The Hall–Kier alpha value is -1.51. The van der Waals surface area contributed by atoms with Crippen molar-refractivity contribution in [2.75, 3.05) is 5.32 Å². The van der Waals surface area contributed by atoms with Crippen molar-refractivity contribution in [1.82, 2.24) is 19.9 Å². The summed E-state index contributed by atoms with van der Waals surface area (Å²) in [6, 6.07) is 0. The Bertz CT molecular complexity index is 566. The van der Waals surface area contributed by atoms with Gasteiger partial charge in [0.15, 0.2) is 0 Å². The first-order valence-corrected chi connectivity index (χ1v) is 5.99. The Morgan fingerprint density at radius 2 is 2.18 bits per heavy atom. The molecule has 7 heteroatoms. The smallest absolute Gasteiger partial charge is 0.266 e. The zero-order valence-electron chi connectivity index (χ0n) is 9.07. The Balaban J connectivity index is 2.10.